The maximum Gasteiger partial charge on any atom is 0.137 e. The summed E-state index contributed by atoms with van der Waals surface area (Å²) < 4.78 is 11.0. The molecule has 1 aliphatic carbocycles. The molecule has 1 aromatic heterocycles. The van der Waals surface area contributed by atoms with Crippen LogP contribution in [0.1, 0.15) is 48.0 Å². The number of furan rings is 1. The second-order valence-corrected chi connectivity index (χ2v) is 5.68. The highest BCUT2D eigenvalue weighted by atomic mass is 16.5. The maximum absolute atomic E-state index is 10.5. The first kappa shape index (κ1) is 13.3. The molecule has 0 spiro atoms. The van der Waals surface area contributed by atoms with Gasteiger partial charge in [0, 0.05) is 5.92 Å². The summed E-state index contributed by atoms with van der Waals surface area (Å²) >= 11 is 0. The van der Waals surface area contributed by atoms with Gasteiger partial charge in [0.1, 0.15) is 23.4 Å². The highest BCUT2D eigenvalue weighted by Crippen LogP contribution is 2.47. The van der Waals surface area contributed by atoms with Gasteiger partial charge in [-0.15, -0.1) is 0 Å². The second-order valence-electron chi connectivity index (χ2n) is 5.68. The highest BCUT2D eigenvalue weighted by Gasteiger charge is 2.37. The van der Waals surface area contributed by atoms with Crippen molar-refractivity contribution in [2.24, 2.45) is 5.92 Å². The van der Waals surface area contributed by atoms with Gasteiger partial charge in [0.25, 0.3) is 0 Å². The Morgan fingerprint density at radius 1 is 1.30 bits per heavy atom. The molecule has 0 amide bonds. The fourth-order valence-corrected chi connectivity index (χ4v) is 2.67. The van der Waals surface area contributed by atoms with Crippen LogP contribution < -0.4 is 4.74 Å². The molecule has 0 saturated heterocycles. The molecule has 106 valence electrons. The van der Waals surface area contributed by atoms with E-state index in [4.69, 9.17) is 9.15 Å². The van der Waals surface area contributed by atoms with E-state index in [0.717, 1.165) is 22.6 Å². The summed E-state index contributed by atoms with van der Waals surface area (Å²) in [5, 5.41) is 10.5. The normalized spacial score (nSPS) is 22.6. The zero-order valence-electron chi connectivity index (χ0n) is 12.1. The Hall–Kier alpha value is -1.74. The van der Waals surface area contributed by atoms with Crippen LogP contribution in [0, 0.1) is 12.8 Å². The van der Waals surface area contributed by atoms with Gasteiger partial charge in [-0.05, 0) is 54.7 Å². The standard InChI is InChI=1S/C17H20O3/c1-10-8-12(19-3)4-5-13(10)17(18)16-7-6-15(20-16)14-9-11(14)2/h4-8,11,14,17-18H,9H2,1-3H3. The summed E-state index contributed by atoms with van der Waals surface area (Å²) in [6, 6.07) is 9.55. The fourth-order valence-electron chi connectivity index (χ4n) is 2.67. The molecule has 3 heteroatoms. The van der Waals surface area contributed by atoms with Gasteiger partial charge in [0.15, 0.2) is 0 Å². The predicted octanol–water partition coefficient (Wildman–Crippen LogP) is 3.80. The van der Waals surface area contributed by atoms with Crippen LogP contribution in [0.15, 0.2) is 34.7 Å². The molecule has 3 atom stereocenters. The zero-order chi connectivity index (χ0) is 14.3. The molecule has 1 aliphatic rings. The Labute approximate surface area is 119 Å². The van der Waals surface area contributed by atoms with Crippen molar-refractivity contribution in [1.82, 2.24) is 0 Å². The molecule has 1 heterocycles. The van der Waals surface area contributed by atoms with Gasteiger partial charge in [-0.3, -0.25) is 0 Å². The minimum atomic E-state index is -0.719. The first-order valence-electron chi connectivity index (χ1n) is 7.02. The Kier molecular flexibility index (Phi) is 3.30. The van der Waals surface area contributed by atoms with Crippen LogP contribution >= 0.6 is 0 Å². The van der Waals surface area contributed by atoms with Crippen LogP contribution in [0.3, 0.4) is 0 Å². The number of hydrogen-bond acceptors (Lipinski definition) is 3. The lowest BCUT2D eigenvalue weighted by molar-refractivity contribution is 0.186. The van der Waals surface area contributed by atoms with Gasteiger partial charge < -0.3 is 14.3 Å². The molecule has 20 heavy (non-hydrogen) atoms. The van der Waals surface area contributed by atoms with E-state index in [2.05, 4.69) is 6.92 Å². The summed E-state index contributed by atoms with van der Waals surface area (Å²) in [5.41, 5.74) is 1.85. The minimum Gasteiger partial charge on any atom is -0.497 e. The van der Waals surface area contributed by atoms with E-state index in [-0.39, 0.29) is 0 Å². The lowest BCUT2D eigenvalue weighted by Crippen LogP contribution is -2.01. The van der Waals surface area contributed by atoms with E-state index < -0.39 is 6.10 Å². The molecule has 1 aromatic carbocycles. The first-order valence-corrected chi connectivity index (χ1v) is 7.02. The van der Waals surface area contributed by atoms with Gasteiger partial charge in [-0.2, -0.15) is 0 Å². The summed E-state index contributed by atoms with van der Waals surface area (Å²) in [4.78, 5) is 0. The average molecular weight is 272 g/mol. The third kappa shape index (κ3) is 2.34. The van der Waals surface area contributed by atoms with E-state index in [1.165, 1.54) is 6.42 Å². The van der Waals surface area contributed by atoms with Crippen molar-refractivity contribution in [1.29, 1.82) is 0 Å². The van der Waals surface area contributed by atoms with E-state index in [1.807, 2.05) is 37.3 Å². The molecular formula is C17H20O3. The molecule has 0 bridgehead atoms. The molecule has 0 aliphatic heterocycles. The monoisotopic (exact) mass is 272 g/mol. The molecular weight excluding hydrogens is 252 g/mol. The first-order chi connectivity index (χ1) is 9.60. The highest BCUT2D eigenvalue weighted by molar-refractivity contribution is 5.38. The second kappa shape index (κ2) is 4.98. The van der Waals surface area contributed by atoms with Crippen molar-refractivity contribution >= 4 is 0 Å². The number of ether oxygens (including phenoxy) is 1. The number of aliphatic hydroxyl groups is 1. The van der Waals surface area contributed by atoms with Crippen LogP contribution in [0.2, 0.25) is 0 Å². The van der Waals surface area contributed by atoms with Gasteiger partial charge in [0.2, 0.25) is 0 Å². The molecule has 0 radical (unpaired) electrons. The SMILES string of the molecule is COc1ccc(C(O)c2ccc(C3CC3C)o2)c(C)c1. The maximum atomic E-state index is 10.5. The summed E-state index contributed by atoms with van der Waals surface area (Å²) in [5.74, 6) is 3.65. The van der Waals surface area contributed by atoms with Crippen molar-refractivity contribution < 1.29 is 14.3 Å². The molecule has 1 fully saturated rings. The number of aliphatic hydroxyl groups excluding tert-OH is 1. The minimum absolute atomic E-state index is 0.535. The average Bonchev–Trinajstić information content (AvgIpc) is 2.99. The topological polar surface area (TPSA) is 42.6 Å². The molecule has 3 unspecified atom stereocenters. The zero-order valence-corrected chi connectivity index (χ0v) is 12.1. The largest absolute Gasteiger partial charge is 0.497 e. The van der Waals surface area contributed by atoms with Crippen molar-refractivity contribution in [2.75, 3.05) is 7.11 Å². The number of aryl methyl sites for hydroxylation is 1. The van der Waals surface area contributed by atoms with Gasteiger partial charge in [-0.1, -0.05) is 13.0 Å². The molecule has 1 saturated carbocycles. The van der Waals surface area contributed by atoms with Crippen LogP contribution in [-0.4, -0.2) is 12.2 Å². The van der Waals surface area contributed by atoms with Crippen molar-refractivity contribution in [2.45, 2.75) is 32.3 Å². The number of hydrogen-bond donors (Lipinski definition) is 1. The van der Waals surface area contributed by atoms with Crippen molar-refractivity contribution in [3.05, 3.63) is 53.0 Å². The van der Waals surface area contributed by atoms with E-state index in [9.17, 15) is 5.11 Å². The molecule has 3 nitrogen and oxygen atoms in total. The Bertz CT molecular complexity index is 614. The Morgan fingerprint density at radius 2 is 2.05 bits per heavy atom. The van der Waals surface area contributed by atoms with Crippen LogP contribution in [0.4, 0.5) is 0 Å². The Morgan fingerprint density at radius 3 is 2.65 bits per heavy atom. The number of benzene rings is 1. The molecule has 1 N–H and O–H groups in total. The van der Waals surface area contributed by atoms with Gasteiger partial charge in [0.05, 0.1) is 7.11 Å². The predicted molar refractivity (Wildman–Crippen MR) is 77.0 cm³/mol. The smallest absolute Gasteiger partial charge is 0.137 e. The van der Waals surface area contributed by atoms with Crippen LogP contribution in [0.25, 0.3) is 0 Å². The Balaban J connectivity index is 1.84. The van der Waals surface area contributed by atoms with E-state index >= 15 is 0 Å². The third-order valence-electron chi connectivity index (χ3n) is 4.16. The molecule has 3 rings (SSSR count). The van der Waals surface area contributed by atoms with Crippen LogP contribution in [0.5, 0.6) is 5.75 Å². The molecule has 2 aromatic rings. The number of methoxy groups -OCH3 is 1. The van der Waals surface area contributed by atoms with Crippen molar-refractivity contribution in [3.8, 4) is 5.75 Å². The fraction of sp³-hybridized carbons (Fsp3) is 0.412. The summed E-state index contributed by atoms with van der Waals surface area (Å²) in [7, 11) is 1.64. The summed E-state index contributed by atoms with van der Waals surface area (Å²) in [6.45, 7) is 4.19. The van der Waals surface area contributed by atoms with Gasteiger partial charge in [-0.25, -0.2) is 0 Å². The van der Waals surface area contributed by atoms with Crippen LogP contribution in [-0.2, 0) is 0 Å². The van der Waals surface area contributed by atoms with E-state index in [1.54, 1.807) is 7.11 Å². The number of rotatable bonds is 4. The van der Waals surface area contributed by atoms with Gasteiger partial charge >= 0.3 is 0 Å². The quantitative estimate of drug-likeness (QED) is 0.920. The lowest BCUT2D eigenvalue weighted by atomic mass is 10.0. The third-order valence-corrected chi connectivity index (χ3v) is 4.16. The summed E-state index contributed by atoms with van der Waals surface area (Å²) in [6.07, 6.45) is 0.466. The lowest BCUT2D eigenvalue weighted by Gasteiger charge is -2.12. The van der Waals surface area contributed by atoms with E-state index in [0.29, 0.717) is 17.6 Å². The van der Waals surface area contributed by atoms with Crippen molar-refractivity contribution in [3.63, 3.8) is 0 Å².